The molecule has 1 aliphatic heterocycles. The lowest BCUT2D eigenvalue weighted by atomic mass is 10.0. The van der Waals surface area contributed by atoms with E-state index in [0.717, 1.165) is 32.5 Å². The molecule has 4 nitrogen and oxygen atoms in total. The molecule has 0 aliphatic carbocycles. The van der Waals surface area contributed by atoms with Crippen molar-refractivity contribution in [2.45, 2.75) is 31.7 Å². The third kappa shape index (κ3) is 2.92. The second-order valence-electron chi connectivity index (χ2n) is 3.97. The maximum Gasteiger partial charge on any atom is 0.169 e. The molecule has 0 saturated carbocycles. The van der Waals surface area contributed by atoms with Gasteiger partial charge in [-0.15, -0.1) is 0 Å². The van der Waals surface area contributed by atoms with Crippen LogP contribution in [-0.4, -0.2) is 55.8 Å². The van der Waals surface area contributed by atoms with Gasteiger partial charge in [0.25, 0.3) is 0 Å². The lowest BCUT2D eigenvalue weighted by Crippen LogP contribution is -2.48. The Morgan fingerprint density at radius 2 is 1.79 bits per heavy atom. The number of likely N-dealkylation sites (tertiary alicyclic amines) is 1. The van der Waals surface area contributed by atoms with E-state index in [-0.39, 0.29) is 6.10 Å². The van der Waals surface area contributed by atoms with Gasteiger partial charge in [0.05, 0.1) is 6.10 Å². The molecule has 0 bridgehead atoms. The number of hydrogen-bond acceptors (Lipinski definition) is 4. The van der Waals surface area contributed by atoms with Crippen molar-refractivity contribution in [3.8, 4) is 0 Å². The number of β-amino-alcohol motifs (C(OH)–C–C–N with tert-alkyl or cyclic N) is 1. The van der Waals surface area contributed by atoms with E-state index in [1.54, 1.807) is 14.2 Å². The minimum Gasteiger partial charge on any atom is -0.392 e. The van der Waals surface area contributed by atoms with Crippen LogP contribution < -0.4 is 0 Å². The molecular formula is C10H21NO3. The van der Waals surface area contributed by atoms with Crippen LogP contribution in [0.25, 0.3) is 0 Å². The van der Waals surface area contributed by atoms with Gasteiger partial charge in [-0.3, -0.25) is 0 Å². The Morgan fingerprint density at radius 3 is 2.14 bits per heavy atom. The standard InChI is InChI=1S/C10H21NO3/c1-9(12)8-11-6-4-10(13-2,14-3)5-7-11/h9,12H,4-8H2,1-3H3. The van der Waals surface area contributed by atoms with Crippen LogP contribution in [0.15, 0.2) is 0 Å². The topological polar surface area (TPSA) is 41.9 Å². The van der Waals surface area contributed by atoms with Crippen LogP contribution in [0.4, 0.5) is 0 Å². The molecule has 14 heavy (non-hydrogen) atoms. The zero-order valence-electron chi connectivity index (χ0n) is 9.32. The first-order valence-electron chi connectivity index (χ1n) is 5.12. The van der Waals surface area contributed by atoms with Gasteiger partial charge >= 0.3 is 0 Å². The minimum absolute atomic E-state index is 0.257. The zero-order valence-corrected chi connectivity index (χ0v) is 9.32. The quantitative estimate of drug-likeness (QED) is 0.674. The second kappa shape index (κ2) is 5.07. The molecule has 0 aromatic carbocycles. The average molecular weight is 203 g/mol. The summed E-state index contributed by atoms with van der Waals surface area (Å²) in [6.07, 6.45) is 1.48. The molecule has 0 amide bonds. The summed E-state index contributed by atoms with van der Waals surface area (Å²) in [5.74, 6) is -0.394. The zero-order chi connectivity index (χ0) is 10.6. The molecule has 0 aromatic heterocycles. The van der Waals surface area contributed by atoms with Gasteiger partial charge in [-0.05, 0) is 6.92 Å². The van der Waals surface area contributed by atoms with Gasteiger partial charge in [0.15, 0.2) is 5.79 Å². The first-order chi connectivity index (χ1) is 6.62. The minimum atomic E-state index is -0.394. The summed E-state index contributed by atoms with van der Waals surface area (Å²) in [6.45, 7) is 4.40. The van der Waals surface area contributed by atoms with Crippen molar-refractivity contribution in [2.24, 2.45) is 0 Å². The van der Waals surface area contributed by atoms with E-state index in [4.69, 9.17) is 9.47 Å². The summed E-state index contributed by atoms with van der Waals surface area (Å²) in [7, 11) is 3.38. The smallest absolute Gasteiger partial charge is 0.169 e. The van der Waals surface area contributed by atoms with Crippen LogP contribution >= 0.6 is 0 Å². The Morgan fingerprint density at radius 1 is 1.29 bits per heavy atom. The van der Waals surface area contributed by atoms with Crippen molar-refractivity contribution >= 4 is 0 Å². The molecule has 1 heterocycles. The van der Waals surface area contributed by atoms with E-state index in [0.29, 0.717) is 0 Å². The molecule has 84 valence electrons. The van der Waals surface area contributed by atoms with Gasteiger partial charge in [0.2, 0.25) is 0 Å². The highest BCUT2D eigenvalue weighted by molar-refractivity contribution is 4.80. The molecule has 1 atom stereocenters. The number of ether oxygens (including phenoxy) is 2. The fourth-order valence-corrected chi connectivity index (χ4v) is 1.94. The molecule has 1 saturated heterocycles. The highest BCUT2D eigenvalue weighted by Crippen LogP contribution is 2.26. The van der Waals surface area contributed by atoms with Gasteiger partial charge in [0, 0.05) is 46.7 Å². The van der Waals surface area contributed by atoms with Gasteiger partial charge < -0.3 is 19.5 Å². The molecule has 0 aromatic rings. The van der Waals surface area contributed by atoms with Crippen LogP contribution in [-0.2, 0) is 9.47 Å². The van der Waals surface area contributed by atoms with Crippen molar-refractivity contribution in [2.75, 3.05) is 33.9 Å². The van der Waals surface area contributed by atoms with E-state index in [9.17, 15) is 5.11 Å². The molecular weight excluding hydrogens is 182 g/mol. The lowest BCUT2D eigenvalue weighted by Gasteiger charge is -2.39. The number of piperidine rings is 1. The fourth-order valence-electron chi connectivity index (χ4n) is 1.94. The largest absolute Gasteiger partial charge is 0.392 e. The van der Waals surface area contributed by atoms with E-state index in [2.05, 4.69) is 4.90 Å². The Hall–Kier alpha value is -0.160. The molecule has 0 radical (unpaired) electrons. The first-order valence-corrected chi connectivity index (χ1v) is 5.12. The van der Waals surface area contributed by atoms with Crippen molar-refractivity contribution in [1.82, 2.24) is 4.90 Å². The average Bonchev–Trinajstić information content (AvgIpc) is 2.19. The van der Waals surface area contributed by atoms with Gasteiger partial charge in [-0.1, -0.05) is 0 Å². The Bertz CT molecular complexity index is 159. The molecule has 1 unspecified atom stereocenters. The normalized spacial score (nSPS) is 24.9. The Balaban J connectivity index is 2.37. The monoisotopic (exact) mass is 203 g/mol. The van der Waals surface area contributed by atoms with E-state index < -0.39 is 5.79 Å². The van der Waals surface area contributed by atoms with Crippen molar-refractivity contribution in [3.05, 3.63) is 0 Å². The third-order valence-corrected chi connectivity index (χ3v) is 2.88. The van der Waals surface area contributed by atoms with Gasteiger partial charge in [0.1, 0.15) is 0 Å². The summed E-state index contributed by atoms with van der Waals surface area (Å²) in [4.78, 5) is 2.24. The Labute approximate surface area is 85.8 Å². The number of aliphatic hydroxyl groups is 1. The summed E-state index contributed by atoms with van der Waals surface area (Å²) in [5, 5.41) is 9.24. The third-order valence-electron chi connectivity index (χ3n) is 2.88. The number of aliphatic hydroxyl groups excluding tert-OH is 1. The molecule has 1 fully saturated rings. The van der Waals surface area contributed by atoms with Crippen LogP contribution in [0.5, 0.6) is 0 Å². The first kappa shape index (κ1) is 11.9. The highest BCUT2D eigenvalue weighted by atomic mass is 16.7. The summed E-state index contributed by atoms with van der Waals surface area (Å²) in [5.41, 5.74) is 0. The van der Waals surface area contributed by atoms with Crippen molar-refractivity contribution in [3.63, 3.8) is 0 Å². The lowest BCUT2D eigenvalue weighted by molar-refractivity contribution is -0.229. The van der Waals surface area contributed by atoms with Crippen molar-refractivity contribution < 1.29 is 14.6 Å². The Kier molecular flexibility index (Phi) is 4.31. The maximum absolute atomic E-state index is 9.24. The predicted molar refractivity (Wildman–Crippen MR) is 54.1 cm³/mol. The van der Waals surface area contributed by atoms with E-state index in [1.807, 2.05) is 6.92 Å². The highest BCUT2D eigenvalue weighted by Gasteiger charge is 2.34. The van der Waals surface area contributed by atoms with Crippen LogP contribution in [0, 0.1) is 0 Å². The molecule has 1 N–H and O–H groups in total. The summed E-state index contributed by atoms with van der Waals surface area (Å²) >= 11 is 0. The number of rotatable bonds is 4. The van der Waals surface area contributed by atoms with Gasteiger partial charge in [-0.25, -0.2) is 0 Å². The fraction of sp³-hybridized carbons (Fsp3) is 1.00. The van der Waals surface area contributed by atoms with Crippen LogP contribution in [0.3, 0.4) is 0 Å². The number of nitrogens with zero attached hydrogens (tertiary/aromatic N) is 1. The van der Waals surface area contributed by atoms with E-state index in [1.165, 1.54) is 0 Å². The maximum atomic E-state index is 9.24. The SMILES string of the molecule is COC1(OC)CCN(CC(C)O)CC1. The molecule has 1 rings (SSSR count). The van der Waals surface area contributed by atoms with Crippen LogP contribution in [0.1, 0.15) is 19.8 Å². The van der Waals surface area contributed by atoms with Crippen LogP contribution in [0.2, 0.25) is 0 Å². The van der Waals surface area contributed by atoms with E-state index >= 15 is 0 Å². The molecule has 1 aliphatic rings. The summed E-state index contributed by atoms with van der Waals surface area (Å²) in [6, 6.07) is 0. The number of hydrogen-bond donors (Lipinski definition) is 1. The summed E-state index contributed by atoms with van der Waals surface area (Å²) < 4.78 is 10.7. The molecule has 4 heteroatoms. The van der Waals surface area contributed by atoms with Crippen molar-refractivity contribution in [1.29, 1.82) is 0 Å². The molecule has 0 spiro atoms. The van der Waals surface area contributed by atoms with Gasteiger partial charge in [-0.2, -0.15) is 0 Å². The second-order valence-corrected chi connectivity index (χ2v) is 3.97. The predicted octanol–water partition coefficient (Wildman–Crippen LogP) is 0.452. The number of methoxy groups -OCH3 is 2.